The number of carbonyl (C=O) groups excluding carboxylic acids is 1. The van der Waals surface area contributed by atoms with E-state index in [0.717, 1.165) is 5.56 Å². The molecule has 1 amide bonds. The van der Waals surface area contributed by atoms with Gasteiger partial charge in [-0.3, -0.25) is 4.79 Å². The molecule has 0 saturated carbocycles. The number of carbonyl (C=O) groups is 1. The monoisotopic (exact) mass is 210 g/mol. The largest absolute Gasteiger partial charge is 0.351 e. The molecule has 0 saturated heterocycles. The van der Waals surface area contributed by atoms with Crippen molar-refractivity contribution in [2.24, 2.45) is 5.73 Å². The maximum absolute atomic E-state index is 11.3. The molecule has 1 rings (SSSR count). The molecule has 1 aromatic rings. The molecule has 0 unspecified atom stereocenters. The van der Waals surface area contributed by atoms with E-state index >= 15 is 0 Å². The summed E-state index contributed by atoms with van der Waals surface area (Å²) in [5, 5.41) is 2.74. The maximum Gasteiger partial charge on any atom is 0.238 e. The standard InChI is InChI=1S/C10H14N2OS/c11-9(7-14)10(13)12-6-8-4-2-1-3-5-8/h1-5,9,14H,6-7,11H2,(H,12,13)/t9-/m0/s1. The first kappa shape index (κ1) is 11.1. The van der Waals surface area contributed by atoms with Crippen LogP contribution in [0.25, 0.3) is 0 Å². The highest BCUT2D eigenvalue weighted by molar-refractivity contribution is 7.80. The van der Waals surface area contributed by atoms with Crippen LogP contribution in [-0.2, 0) is 11.3 Å². The van der Waals surface area contributed by atoms with Gasteiger partial charge in [-0.15, -0.1) is 0 Å². The molecule has 1 atom stereocenters. The molecule has 3 nitrogen and oxygen atoms in total. The Kier molecular flexibility index (Phi) is 4.49. The zero-order chi connectivity index (χ0) is 10.4. The number of hydrogen-bond donors (Lipinski definition) is 3. The average Bonchev–Trinajstić information content (AvgIpc) is 2.26. The summed E-state index contributed by atoms with van der Waals surface area (Å²) in [4.78, 5) is 11.3. The van der Waals surface area contributed by atoms with Crippen LogP contribution < -0.4 is 11.1 Å². The number of rotatable bonds is 4. The highest BCUT2D eigenvalue weighted by Crippen LogP contribution is 1.97. The molecule has 0 bridgehead atoms. The highest BCUT2D eigenvalue weighted by Gasteiger charge is 2.09. The lowest BCUT2D eigenvalue weighted by atomic mass is 10.2. The molecule has 0 radical (unpaired) electrons. The van der Waals surface area contributed by atoms with E-state index in [2.05, 4.69) is 17.9 Å². The lowest BCUT2D eigenvalue weighted by Gasteiger charge is -2.09. The fourth-order valence-electron chi connectivity index (χ4n) is 0.999. The molecule has 3 N–H and O–H groups in total. The summed E-state index contributed by atoms with van der Waals surface area (Å²) in [6, 6.07) is 9.17. The molecular weight excluding hydrogens is 196 g/mol. The number of thiol groups is 1. The van der Waals surface area contributed by atoms with Gasteiger partial charge in [-0.25, -0.2) is 0 Å². The van der Waals surface area contributed by atoms with Gasteiger partial charge in [0.25, 0.3) is 0 Å². The molecule has 0 fully saturated rings. The van der Waals surface area contributed by atoms with Gasteiger partial charge < -0.3 is 11.1 Å². The van der Waals surface area contributed by atoms with Crippen LogP contribution >= 0.6 is 12.6 Å². The van der Waals surface area contributed by atoms with E-state index in [9.17, 15) is 4.79 Å². The summed E-state index contributed by atoms with van der Waals surface area (Å²) < 4.78 is 0. The van der Waals surface area contributed by atoms with Gasteiger partial charge in [0.15, 0.2) is 0 Å². The van der Waals surface area contributed by atoms with Crippen molar-refractivity contribution in [2.75, 3.05) is 5.75 Å². The summed E-state index contributed by atoms with van der Waals surface area (Å²) in [5.41, 5.74) is 6.55. The Balaban J connectivity index is 2.38. The molecule has 1 aromatic carbocycles. The number of benzene rings is 1. The van der Waals surface area contributed by atoms with Crippen molar-refractivity contribution in [1.29, 1.82) is 0 Å². The molecular formula is C10H14N2OS. The van der Waals surface area contributed by atoms with Gasteiger partial charge in [0.1, 0.15) is 0 Å². The average molecular weight is 210 g/mol. The van der Waals surface area contributed by atoms with E-state index in [4.69, 9.17) is 5.73 Å². The van der Waals surface area contributed by atoms with Crippen LogP contribution in [0.15, 0.2) is 30.3 Å². The molecule has 0 spiro atoms. The van der Waals surface area contributed by atoms with E-state index in [0.29, 0.717) is 12.3 Å². The van der Waals surface area contributed by atoms with Crippen LogP contribution in [0.3, 0.4) is 0 Å². The second-order valence-electron chi connectivity index (χ2n) is 2.99. The van der Waals surface area contributed by atoms with Gasteiger partial charge in [-0.2, -0.15) is 12.6 Å². The summed E-state index contributed by atoms with van der Waals surface area (Å²) in [6.07, 6.45) is 0. The van der Waals surface area contributed by atoms with Crippen LogP contribution in [-0.4, -0.2) is 17.7 Å². The van der Waals surface area contributed by atoms with Crippen molar-refractivity contribution in [2.45, 2.75) is 12.6 Å². The van der Waals surface area contributed by atoms with E-state index in [-0.39, 0.29) is 5.91 Å². The van der Waals surface area contributed by atoms with Gasteiger partial charge in [-0.05, 0) is 5.56 Å². The number of hydrogen-bond acceptors (Lipinski definition) is 3. The number of amides is 1. The predicted octanol–water partition coefficient (Wildman–Crippen LogP) is 0.560. The first-order valence-corrected chi connectivity index (χ1v) is 5.05. The summed E-state index contributed by atoms with van der Waals surface area (Å²) >= 11 is 3.95. The molecule has 76 valence electrons. The van der Waals surface area contributed by atoms with Crippen molar-refractivity contribution in [3.8, 4) is 0 Å². The van der Waals surface area contributed by atoms with Crippen molar-refractivity contribution in [3.05, 3.63) is 35.9 Å². The Hall–Kier alpha value is -1.00. The van der Waals surface area contributed by atoms with Crippen molar-refractivity contribution < 1.29 is 4.79 Å². The van der Waals surface area contributed by atoms with E-state index in [1.54, 1.807) is 0 Å². The third-order valence-electron chi connectivity index (χ3n) is 1.84. The Morgan fingerprint density at radius 2 is 2.07 bits per heavy atom. The summed E-state index contributed by atoms with van der Waals surface area (Å²) in [5.74, 6) is 0.199. The molecule has 0 heterocycles. The van der Waals surface area contributed by atoms with Crippen LogP contribution in [0, 0.1) is 0 Å². The second kappa shape index (κ2) is 5.67. The lowest BCUT2D eigenvalue weighted by Crippen LogP contribution is -2.41. The van der Waals surface area contributed by atoms with Gasteiger partial charge in [0, 0.05) is 12.3 Å². The smallest absolute Gasteiger partial charge is 0.238 e. The summed E-state index contributed by atoms with van der Waals surface area (Å²) in [7, 11) is 0. The molecule has 0 aromatic heterocycles. The minimum Gasteiger partial charge on any atom is -0.351 e. The fraction of sp³-hybridized carbons (Fsp3) is 0.300. The number of nitrogens with two attached hydrogens (primary N) is 1. The normalized spacial score (nSPS) is 12.1. The molecule has 0 aliphatic carbocycles. The zero-order valence-corrected chi connectivity index (χ0v) is 8.71. The molecule has 0 aliphatic rings. The fourth-order valence-corrected chi connectivity index (χ4v) is 1.16. The minimum absolute atomic E-state index is 0.163. The van der Waals surface area contributed by atoms with Crippen molar-refractivity contribution in [3.63, 3.8) is 0 Å². The molecule has 4 heteroatoms. The SMILES string of the molecule is N[C@@H](CS)C(=O)NCc1ccccc1. The minimum atomic E-state index is -0.526. The third kappa shape index (κ3) is 3.40. The quantitative estimate of drug-likeness (QED) is 0.636. The van der Waals surface area contributed by atoms with Gasteiger partial charge >= 0.3 is 0 Å². The van der Waals surface area contributed by atoms with Crippen LogP contribution in [0.1, 0.15) is 5.56 Å². The first-order chi connectivity index (χ1) is 6.74. The van der Waals surface area contributed by atoms with Crippen molar-refractivity contribution in [1.82, 2.24) is 5.32 Å². The van der Waals surface area contributed by atoms with E-state index in [1.807, 2.05) is 30.3 Å². The third-order valence-corrected chi connectivity index (χ3v) is 2.24. The number of nitrogens with one attached hydrogen (secondary N) is 1. The Bertz CT molecular complexity index is 289. The van der Waals surface area contributed by atoms with E-state index in [1.165, 1.54) is 0 Å². The van der Waals surface area contributed by atoms with Gasteiger partial charge in [0.2, 0.25) is 5.91 Å². The van der Waals surface area contributed by atoms with E-state index < -0.39 is 6.04 Å². The van der Waals surface area contributed by atoms with Gasteiger partial charge in [-0.1, -0.05) is 30.3 Å². The van der Waals surface area contributed by atoms with Gasteiger partial charge in [0.05, 0.1) is 6.04 Å². The highest BCUT2D eigenvalue weighted by atomic mass is 32.1. The Labute approximate surface area is 89.1 Å². The topological polar surface area (TPSA) is 55.1 Å². The maximum atomic E-state index is 11.3. The molecule has 0 aliphatic heterocycles. The van der Waals surface area contributed by atoms with Crippen LogP contribution in [0.2, 0.25) is 0 Å². The van der Waals surface area contributed by atoms with Crippen molar-refractivity contribution >= 4 is 18.5 Å². The lowest BCUT2D eigenvalue weighted by molar-refractivity contribution is -0.122. The Morgan fingerprint density at radius 1 is 1.43 bits per heavy atom. The first-order valence-electron chi connectivity index (χ1n) is 4.42. The Morgan fingerprint density at radius 3 is 2.64 bits per heavy atom. The summed E-state index contributed by atoms with van der Waals surface area (Å²) in [6.45, 7) is 0.515. The van der Waals surface area contributed by atoms with Crippen LogP contribution in [0.5, 0.6) is 0 Å². The van der Waals surface area contributed by atoms with Crippen LogP contribution in [0.4, 0.5) is 0 Å². The second-order valence-corrected chi connectivity index (χ2v) is 3.36. The zero-order valence-electron chi connectivity index (χ0n) is 7.81. The molecule has 14 heavy (non-hydrogen) atoms. The predicted molar refractivity (Wildman–Crippen MR) is 60.1 cm³/mol.